The van der Waals surface area contributed by atoms with Crippen LogP contribution in [0.1, 0.15) is 35.3 Å². The van der Waals surface area contributed by atoms with Crippen LogP contribution in [0.15, 0.2) is 34.6 Å². The number of carbonyl (C=O) groups excluding carboxylic acids is 1. The van der Waals surface area contributed by atoms with E-state index in [4.69, 9.17) is 0 Å². The summed E-state index contributed by atoms with van der Waals surface area (Å²) in [6, 6.07) is 8.46. The summed E-state index contributed by atoms with van der Waals surface area (Å²) >= 11 is 1.32. The molecular weight excluding hydrogens is 492 g/mol. The number of amides is 1. The van der Waals surface area contributed by atoms with E-state index < -0.39 is 5.91 Å². The quantitative estimate of drug-likeness (QED) is 0.505. The van der Waals surface area contributed by atoms with Gasteiger partial charge >= 0.3 is 0 Å². The van der Waals surface area contributed by atoms with Gasteiger partial charge in [0, 0.05) is 27.3 Å². The maximum absolute atomic E-state index is 12.3. The summed E-state index contributed by atoms with van der Waals surface area (Å²) in [4.78, 5) is 27.5. The summed E-state index contributed by atoms with van der Waals surface area (Å²) < 4.78 is 0.562. The number of anilines is 1. The van der Waals surface area contributed by atoms with E-state index in [0.717, 1.165) is 16.6 Å². The molecule has 0 unspecified atom stereocenters. The number of aromatic nitrogens is 1. The number of aromatic amines is 1. The summed E-state index contributed by atoms with van der Waals surface area (Å²) in [7, 11) is 0. The minimum atomic E-state index is -0.425. The third-order valence-electron chi connectivity index (χ3n) is 3.41. The molecule has 0 aliphatic carbocycles. The predicted molar refractivity (Wildman–Crippen MR) is 96.5 cm³/mol. The molecule has 0 aliphatic rings. The van der Waals surface area contributed by atoms with Gasteiger partial charge in [-0.25, -0.2) is 0 Å². The monoisotopic (exact) mass is 511 g/mol. The van der Waals surface area contributed by atoms with Gasteiger partial charge in [-0.05, 0) is 11.4 Å². The van der Waals surface area contributed by atoms with Gasteiger partial charge in [0.25, 0.3) is 5.91 Å². The van der Waals surface area contributed by atoms with E-state index >= 15 is 0 Å². The second-order valence-electron chi connectivity index (χ2n) is 4.86. The summed E-state index contributed by atoms with van der Waals surface area (Å²) in [5, 5.41) is 4.53. The van der Waals surface area contributed by atoms with Crippen molar-refractivity contribution in [1.29, 1.82) is 0 Å². The second-order valence-corrected chi connectivity index (χ2v) is 5.78. The number of hydrogen-bond donors (Lipinski definition) is 2. The molecule has 0 saturated heterocycles. The van der Waals surface area contributed by atoms with Gasteiger partial charge in [-0.2, -0.15) is 23.3 Å². The molecule has 0 fully saturated rings. The number of nitrogens with one attached hydrogen (secondary N) is 2. The molecule has 3 rings (SSSR count). The Balaban J connectivity index is 0.000000925. The second kappa shape index (κ2) is 8.95. The van der Waals surface area contributed by atoms with E-state index in [1.807, 2.05) is 51.3 Å². The van der Waals surface area contributed by atoms with Crippen molar-refractivity contribution >= 4 is 33.1 Å². The molecule has 0 radical (unpaired) electrons. The molecule has 3 aromatic rings. The maximum Gasteiger partial charge on any atom is 0.259 e. The van der Waals surface area contributed by atoms with Crippen LogP contribution in [-0.2, 0) is 21.1 Å². The number of hydrogen-bond acceptors (Lipinski definition) is 3. The third-order valence-corrected chi connectivity index (χ3v) is 4.32. The Morgan fingerprint density at radius 2 is 1.96 bits per heavy atom. The standard InChI is InChI=1S/C16H13N2O2S.C2H6.W/c1-9-3-4-11(7-10(9)2)18-16(20)12-8-17-13-5-6-21-15(13)14(12)19;1-2;/h3,5-8H,1-2H3,(H,17,19)(H,18,20);1-2H3;/q-1;;. The smallest absolute Gasteiger partial charge is 0.259 e. The van der Waals surface area contributed by atoms with Crippen LogP contribution in [0.3, 0.4) is 0 Å². The van der Waals surface area contributed by atoms with Crippen molar-refractivity contribution in [2.24, 2.45) is 0 Å². The Kier molecular flexibility index (Phi) is 7.58. The molecule has 6 heteroatoms. The van der Waals surface area contributed by atoms with E-state index in [-0.39, 0.29) is 32.1 Å². The average Bonchev–Trinajstić information content (AvgIpc) is 3.03. The summed E-state index contributed by atoms with van der Waals surface area (Å²) in [6.07, 6.45) is 1.45. The van der Waals surface area contributed by atoms with Crippen LogP contribution >= 0.6 is 11.3 Å². The molecule has 126 valence electrons. The van der Waals surface area contributed by atoms with Crippen molar-refractivity contribution in [3.63, 3.8) is 0 Å². The molecule has 2 heterocycles. The average molecular weight is 511 g/mol. The Morgan fingerprint density at radius 1 is 1.25 bits per heavy atom. The van der Waals surface area contributed by atoms with Crippen LogP contribution < -0.4 is 10.7 Å². The molecule has 0 atom stereocenters. The number of carbonyl (C=O) groups is 1. The van der Waals surface area contributed by atoms with Gasteiger partial charge in [0.2, 0.25) is 5.43 Å². The minimum absolute atomic E-state index is 0. The van der Waals surface area contributed by atoms with Crippen molar-refractivity contribution in [2.45, 2.75) is 27.7 Å². The number of fused-ring (bicyclic) bond motifs is 1. The van der Waals surface area contributed by atoms with Gasteiger partial charge < -0.3 is 10.3 Å². The third kappa shape index (κ3) is 4.22. The fourth-order valence-corrected chi connectivity index (χ4v) is 2.85. The summed E-state index contributed by atoms with van der Waals surface area (Å²) in [5.74, 6) is -0.425. The largest absolute Gasteiger partial charge is 0.359 e. The molecule has 1 aromatic carbocycles. The maximum atomic E-state index is 12.3. The van der Waals surface area contributed by atoms with Gasteiger partial charge in [-0.3, -0.25) is 9.59 Å². The Hall–Kier alpha value is -1.71. The van der Waals surface area contributed by atoms with Gasteiger partial charge in [0.15, 0.2) is 0 Å². The zero-order valence-corrected chi connectivity index (χ0v) is 17.8. The molecule has 0 saturated carbocycles. The van der Waals surface area contributed by atoms with E-state index in [1.54, 1.807) is 0 Å². The number of pyridine rings is 1. The van der Waals surface area contributed by atoms with Gasteiger partial charge in [0.05, 0.1) is 10.2 Å². The first-order valence-electron chi connectivity index (χ1n) is 7.45. The summed E-state index contributed by atoms with van der Waals surface area (Å²) in [5.41, 5.74) is 3.34. The number of thiophene rings is 1. The van der Waals surface area contributed by atoms with Crippen LogP contribution in [0.5, 0.6) is 0 Å². The van der Waals surface area contributed by atoms with Crippen LogP contribution in [0, 0.1) is 19.9 Å². The van der Waals surface area contributed by atoms with E-state index in [0.29, 0.717) is 10.4 Å². The SMILES string of the molecule is CC.Cc1c[c-]c(NC(=O)c2c[nH]c3ccsc3c2=O)cc1C.[W]. The zero-order valence-electron chi connectivity index (χ0n) is 14.0. The van der Waals surface area contributed by atoms with Gasteiger partial charge in [-0.1, -0.05) is 33.4 Å². The fraction of sp³-hybridized carbons (Fsp3) is 0.222. The van der Waals surface area contributed by atoms with Crippen molar-refractivity contribution in [2.75, 3.05) is 5.32 Å². The molecule has 2 aromatic heterocycles. The van der Waals surface area contributed by atoms with Gasteiger partial charge in [0.1, 0.15) is 5.56 Å². The van der Waals surface area contributed by atoms with E-state index in [2.05, 4.69) is 16.4 Å². The minimum Gasteiger partial charge on any atom is -0.359 e. The normalized spacial score (nSPS) is 9.67. The molecule has 24 heavy (non-hydrogen) atoms. The molecule has 2 N–H and O–H groups in total. The van der Waals surface area contributed by atoms with E-state index in [9.17, 15) is 9.59 Å². The molecule has 0 aliphatic heterocycles. The van der Waals surface area contributed by atoms with Crippen LogP contribution in [-0.4, -0.2) is 10.9 Å². The molecule has 0 spiro atoms. The van der Waals surface area contributed by atoms with E-state index in [1.165, 1.54) is 17.5 Å². The van der Waals surface area contributed by atoms with Crippen molar-refractivity contribution < 1.29 is 25.9 Å². The first-order chi connectivity index (χ1) is 11.1. The molecule has 0 bridgehead atoms. The summed E-state index contributed by atoms with van der Waals surface area (Å²) in [6.45, 7) is 7.94. The van der Waals surface area contributed by atoms with Crippen LogP contribution in [0.25, 0.3) is 10.2 Å². The molecule has 1 amide bonds. The van der Waals surface area contributed by atoms with Crippen molar-refractivity contribution in [1.82, 2.24) is 4.98 Å². The Morgan fingerprint density at radius 3 is 2.62 bits per heavy atom. The number of aryl methyl sites for hydroxylation is 2. The van der Waals surface area contributed by atoms with Crippen molar-refractivity contribution in [3.05, 3.63) is 62.8 Å². The topological polar surface area (TPSA) is 62.0 Å². The van der Waals surface area contributed by atoms with Crippen molar-refractivity contribution in [3.8, 4) is 0 Å². The Bertz CT molecular complexity index is 899. The van der Waals surface area contributed by atoms with Crippen LogP contribution in [0.4, 0.5) is 5.69 Å². The van der Waals surface area contributed by atoms with Gasteiger partial charge in [-0.15, -0.1) is 17.4 Å². The first kappa shape index (κ1) is 20.3. The Labute approximate surface area is 159 Å². The number of rotatable bonds is 2. The predicted octanol–water partition coefficient (Wildman–Crippen LogP) is 4.28. The number of benzene rings is 1. The first-order valence-corrected chi connectivity index (χ1v) is 8.33. The molecular formula is C18H19N2O2SW-. The zero-order chi connectivity index (χ0) is 17.0. The van der Waals surface area contributed by atoms with Crippen LogP contribution in [0.2, 0.25) is 0 Å². The number of H-pyrrole nitrogens is 1. The molecule has 4 nitrogen and oxygen atoms in total. The fourth-order valence-electron chi connectivity index (χ4n) is 2.04.